The van der Waals surface area contributed by atoms with E-state index in [-0.39, 0.29) is 0 Å². The Morgan fingerprint density at radius 1 is 0.886 bits per heavy atom. The van der Waals surface area contributed by atoms with Crippen LogP contribution in [0.3, 0.4) is 0 Å². The highest BCUT2D eigenvalue weighted by Crippen LogP contribution is 2.36. The van der Waals surface area contributed by atoms with Crippen LogP contribution in [0.2, 0.25) is 15.1 Å². The summed E-state index contributed by atoms with van der Waals surface area (Å²) in [5.74, 6) is 0. The van der Waals surface area contributed by atoms with Gasteiger partial charge in [0.1, 0.15) is 5.69 Å². The summed E-state index contributed by atoms with van der Waals surface area (Å²) in [6.07, 6.45) is 0.482. The van der Waals surface area contributed by atoms with Crippen molar-refractivity contribution in [3.63, 3.8) is 0 Å². The van der Waals surface area contributed by atoms with Crippen LogP contribution >= 0.6 is 46.1 Å². The molecule has 0 radical (unpaired) electrons. The predicted octanol–water partition coefficient (Wildman–Crippen LogP) is 9.83. The highest BCUT2D eigenvalue weighted by atomic mass is 35.5. The van der Waals surface area contributed by atoms with Crippen molar-refractivity contribution in [1.82, 2.24) is 4.98 Å². The van der Waals surface area contributed by atoms with Crippen molar-refractivity contribution >= 4 is 84.2 Å². The standard InChI is InChI=1S/C24H18Cl3N7S/c1-2-34(11-3-10-28)17-7-4-15(5-8-17)30-31-16-6-9-21(20(27)12-16)32-33-24-29-22-13-18(25)19(26)14-23(22)35-24/h4-9,12-14H,2-3,11H2,1H3. The molecule has 0 bridgehead atoms. The van der Waals surface area contributed by atoms with Gasteiger partial charge in [0.15, 0.2) is 0 Å². The van der Waals surface area contributed by atoms with Crippen LogP contribution in [0.25, 0.3) is 10.2 Å². The smallest absolute Gasteiger partial charge is 0.231 e. The highest BCUT2D eigenvalue weighted by molar-refractivity contribution is 7.22. The molecule has 0 atom stereocenters. The Labute approximate surface area is 221 Å². The molecule has 7 nitrogen and oxygen atoms in total. The largest absolute Gasteiger partial charge is 0.371 e. The molecule has 3 aromatic carbocycles. The van der Waals surface area contributed by atoms with E-state index in [0.717, 1.165) is 16.9 Å². The number of nitrogens with zero attached hydrogens (tertiary/aromatic N) is 7. The number of fused-ring (bicyclic) bond motifs is 1. The number of azo groups is 2. The average Bonchev–Trinajstić information content (AvgIpc) is 3.25. The summed E-state index contributed by atoms with van der Waals surface area (Å²) in [5.41, 5.74) is 3.53. The third-order valence-electron chi connectivity index (χ3n) is 4.96. The van der Waals surface area contributed by atoms with Crippen molar-refractivity contribution in [3.8, 4) is 6.07 Å². The number of hydrogen-bond acceptors (Lipinski definition) is 8. The van der Waals surface area contributed by atoms with Crippen LogP contribution in [0.4, 0.5) is 27.9 Å². The number of hydrogen-bond donors (Lipinski definition) is 0. The number of rotatable bonds is 8. The van der Waals surface area contributed by atoms with Gasteiger partial charge in [0, 0.05) is 18.8 Å². The van der Waals surface area contributed by atoms with Crippen LogP contribution < -0.4 is 4.90 Å². The molecular weight excluding hydrogens is 525 g/mol. The second-order valence-corrected chi connectivity index (χ2v) is 9.50. The summed E-state index contributed by atoms with van der Waals surface area (Å²) in [7, 11) is 0. The zero-order chi connectivity index (χ0) is 24.8. The fraction of sp³-hybridized carbons (Fsp3) is 0.167. The molecule has 4 rings (SSSR count). The van der Waals surface area contributed by atoms with Crippen molar-refractivity contribution in [3.05, 3.63) is 69.7 Å². The van der Waals surface area contributed by atoms with Crippen LogP contribution in [-0.2, 0) is 0 Å². The molecule has 0 amide bonds. The van der Waals surface area contributed by atoms with E-state index in [4.69, 9.17) is 40.1 Å². The molecule has 0 aliphatic heterocycles. The molecule has 0 spiro atoms. The van der Waals surface area contributed by atoms with Gasteiger partial charge in [-0.05, 0) is 61.5 Å². The fourth-order valence-corrected chi connectivity index (χ4v) is 4.60. The molecule has 0 fully saturated rings. The Hall–Kier alpha value is -3.09. The maximum Gasteiger partial charge on any atom is 0.231 e. The Balaban J connectivity index is 1.44. The monoisotopic (exact) mass is 541 g/mol. The third-order valence-corrected chi connectivity index (χ3v) is 6.89. The maximum atomic E-state index is 8.81. The van der Waals surface area contributed by atoms with Gasteiger partial charge in [-0.2, -0.15) is 15.5 Å². The number of halogens is 3. The van der Waals surface area contributed by atoms with E-state index >= 15 is 0 Å². The molecule has 4 aromatic rings. The van der Waals surface area contributed by atoms with Crippen LogP contribution in [-0.4, -0.2) is 18.1 Å². The first-order valence-electron chi connectivity index (χ1n) is 10.6. The van der Waals surface area contributed by atoms with Crippen molar-refractivity contribution in [2.75, 3.05) is 18.0 Å². The van der Waals surface area contributed by atoms with Crippen LogP contribution in [0, 0.1) is 11.3 Å². The summed E-state index contributed by atoms with van der Waals surface area (Å²) < 4.78 is 0.868. The van der Waals surface area contributed by atoms with Gasteiger partial charge in [-0.3, -0.25) is 0 Å². The lowest BCUT2D eigenvalue weighted by Gasteiger charge is -2.21. The number of nitriles is 1. The van der Waals surface area contributed by atoms with E-state index in [1.807, 2.05) is 24.3 Å². The number of anilines is 1. The molecule has 0 saturated heterocycles. The fourth-order valence-electron chi connectivity index (χ4n) is 3.19. The predicted molar refractivity (Wildman–Crippen MR) is 144 cm³/mol. The van der Waals surface area contributed by atoms with Crippen LogP contribution in [0.1, 0.15) is 13.3 Å². The molecule has 0 N–H and O–H groups in total. The minimum absolute atomic E-state index is 0.392. The van der Waals surface area contributed by atoms with Gasteiger partial charge in [0.2, 0.25) is 5.13 Å². The number of benzene rings is 3. The van der Waals surface area contributed by atoms with Crippen molar-refractivity contribution in [2.24, 2.45) is 20.5 Å². The van der Waals surface area contributed by atoms with Gasteiger partial charge >= 0.3 is 0 Å². The number of thiazole rings is 1. The van der Waals surface area contributed by atoms with Crippen molar-refractivity contribution < 1.29 is 0 Å². The normalized spacial score (nSPS) is 11.5. The molecule has 11 heteroatoms. The highest BCUT2D eigenvalue weighted by Gasteiger charge is 2.08. The van der Waals surface area contributed by atoms with Crippen LogP contribution in [0.15, 0.2) is 75.1 Å². The summed E-state index contributed by atoms with van der Waals surface area (Å²) in [5, 5.41) is 27.5. The molecule has 0 aliphatic carbocycles. The first kappa shape index (κ1) is 25.0. The Morgan fingerprint density at radius 3 is 2.31 bits per heavy atom. The van der Waals surface area contributed by atoms with E-state index in [1.54, 1.807) is 30.3 Å². The lowest BCUT2D eigenvalue weighted by atomic mass is 10.2. The first-order chi connectivity index (χ1) is 17.0. The molecule has 1 aromatic heterocycles. The van der Waals surface area contributed by atoms with E-state index in [9.17, 15) is 0 Å². The van der Waals surface area contributed by atoms with E-state index < -0.39 is 0 Å². The van der Waals surface area contributed by atoms with Gasteiger partial charge in [-0.1, -0.05) is 46.1 Å². The second kappa shape index (κ2) is 11.6. The van der Waals surface area contributed by atoms with Gasteiger partial charge in [0.25, 0.3) is 0 Å². The van der Waals surface area contributed by atoms with Crippen molar-refractivity contribution in [2.45, 2.75) is 13.3 Å². The van der Waals surface area contributed by atoms with Gasteiger partial charge in [-0.25, -0.2) is 4.98 Å². The lowest BCUT2D eigenvalue weighted by molar-refractivity contribution is 0.827. The van der Waals surface area contributed by atoms with Gasteiger partial charge in [-0.15, -0.1) is 10.2 Å². The van der Waals surface area contributed by atoms with Gasteiger partial charge in [0.05, 0.1) is 49.1 Å². The second-order valence-electron chi connectivity index (χ2n) is 7.27. The SMILES string of the molecule is CCN(CCC#N)c1ccc(N=Nc2ccc(N=Nc3nc4cc(Cl)c(Cl)cc4s3)c(Cl)c2)cc1. The molecule has 1 heterocycles. The zero-order valence-corrected chi connectivity index (χ0v) is 21.6. The Bertz CT molecular complexity index is 1400. The van der Waals surface area contributed by atoms with Crippen molar-refractivity contribution in [1.29, 1.82) is 5.26 Å². The lowest BCUT2D eigenvalue weighted by Crippen LogP contribution is -2.23. The molecule has 176 valence electrons. The van der Waals surface area contributed by atoms with Gasteiger partial charge < -0.3 is 4.90 Å². The molecule has 35 heavy (non-hydrogen) atoms. The summed E-state index contributed by atoms with van der Waals surface area (Å²) in [4.78, 5) is 6.53. The minimum atomic E-state index is 0.392. The summed E-state index contributed by atoms with van der Waals surface area (Å²) in [6.45, 7) is 3.58. The first-order valence-corrected chi connectivity index (χ1v) is 12.5. The van der Waals surface area contributed by atoms with Crippen LogP contribution in [0.5, 0.6) is 0 Å². The topological polar surface area (TPSA) is 89.4 Å². The molecular formula is C24H18Cl3N7S. The van der Waals surface area contributed by atoms with E-state index in [1.165, 1.54) is 11.3 Å². The summed E-state index contributed by atoms with van der Waals surface area (Å²) >= 11 is 19.8. The Kier molecular flexibility index (Phi) is 8.26. The zero-order valence-electron chi connectivity index (χ0n) is 18.5. The quantitative estimate of drug-likeness (QED) is 0.207. The number of aromatic nitrogens is 1. The molecule has 0 saturated carbocycles. The van der Waals surface area contributed by atoms with E-state index in [2.05, 4.69) is 43.3 Å². The Morgan fingerprint density at radius 2 is 1.60 bits per heavy atom. The van der Waals surface area contributed by atoms with E-state index in [0.29, 0.717) is 55.7 Å². The molecule has 0 aliphatic rings. The minimum Gasteiger partial charge on any atom is -0.371 e. The molecule has 0 unspecified atom stereocenters. The maximum absolute atomic E-state index is 8.81. The average molecular weight is 543 g/mol. The third kappa shape index (κ3) is 6.32. The summed E-state index contributed by atoms with van der Waals surface area (Å²) in [6, 6.07) is 18.5.